The smallest absolute Gasteiger partial charge is 0.120 e. The SMILES string of the molecule is ClC1=CC(Cl)C(Cl)(c2scc(Cl)c2Cl)C=C1Cl. The lowest BCUT2D eigenvalue weighted by Crippen LogP contribution is -2.28. The Balaban J connectivity index is 2.55. The number of hydrogen-bond acceptors (Lipinski definition) is 1. The second kappa shape index (κ2) is 5.13. The molecular formula is C10H4Cl6S. The maximum Gasteiger partial charge on any atom is 0.120 e. The van der Waals surface area contributed by atoms with E-state index in [0.29, 0.717) is 25.0 Å². The molecule has 0 N–H and O–H groups in total. The van der Waals surface area contributed by atoms with Gasteiger partial charge in [-0.25, -0.2) is 0 Å². The van der Waals surface area contributed by atoms with Crippen molar-refractivity contribution in [2.75, 3.05) is 0 Å². The molecule has 0 saturated carbocycles. The molecule has 0 bridgehead atoms. The predicted octanol–water partition coefficient (Wildman–Crippen LogP) is 6.36. The normalized spacial score (nSPS) is 28.9. The molecule has 1 aliphatic carbocycles. The van der Waals surface area contributed by atoms with Gasteiger partial charge in [-0.2, -0.15) is 0 Å². The Bertz CT molecular complexity index is 517. The van der Waals surface area contributed by atoms with Gasteiger partial charge in [-0.15, -0.1) is 34.5 Å². The highest BCUT2D eigenvalue weighted by atomic mass is 35.5. The summed E-state index contributed by atoms with van der Waals surface area (Å²) in [5, 5.41) is 2.71. The van der Waals surface area contributed by atoms with Gasteiger partial charge in [0, 0.05) is 5.38 Å². The van der Waals surface area contributed by atoms with Crippen LogP contribution in [0.25, 0.3) is 0 Å². The van der Waals surface area contributed by atoms with Crippen molar-refractivity contribution in [3.8, 4) is 0 Å². The van der Waals surface area contributed by atoms with Crippen molar-refractivity contribution in [3.05, 3.63) is 42.5 Å². The van der Waals surface area contributed by atoms with E-state index in [2.05, 4.69) is 0 Å². The molecule has 0 aromatic carbocycles. The number of alkyl halides is 2. The van der Waals surface area contributed by atoms with Crippen LogP contribution in [-0.2, 0) is 4.87 Å². The zero-order valence-corrected chi connectivity index (χ0v) is 13.3. The molecule has 0 amide bonds. The Morgan fingerprint density at radius 1 is 1.12 bits per heavy atom. The summed E-state index contributed by atoms with van der Waals surface area (Å²) in [4.78, 5) is -0.365. The molecule has 2 unspecified atom stereocenters. The van der Waals surface area contributed by atoms with Crippen LogP contribution in [0.2, 0.25) is 10.0 Å². The van der Waals surface area contributed by atoms with E-state index in [4.69, 9.17) is 69.6 Å². The van der Waals surface area contributed by atoms with Gasteiger partial charge in [-0.3, -0.25) is 0 Å². The predicted molar refractivity (Wildman–Crippen MR) is 79.4 cm³/mol. The van der Waals surface area contributed by atoms with Crippen molar-refractivity contribution >= 4 is 80.9 Å². The van der Waals surface area contributed by atoms with E-state index in [1.54, 1.807) is 17.5 Å². The first-order chi connectivity index (χ1) is 7.86. The summed E-state index contributed by atoms with van der Waals surface area (Å²) in [5.41, 5.74) is 0. The van der Waals surface area contributed by atoms with Crippen LogP contribution < -0.4 is 0 Å². The third-order valence-electron chi connectivity index (χ3n) is 2.30. The Hall–Kier alpha value is 0.920. The second-order valence-corrected chi connectivity index (χ2v) is 6.98. The highest BCUT2D eigenvalue weighted by Gasteiger charge is 2.41. The average molecular weight is 369 g/mol. The van der Waals surface area contributed by atoms with Crippen LogP contribution in [0.1, 0.15) is 4.88 Å². The van der Waals surface area contributed by atoms with Gasteiger partial charge in [0.25, 0.3) is 0 Å². The van der Waals surface area contributed by atoms with Crippen molar-refractivity contribution < 1.29 is 0 Å². The van der Waals surface area contributed by atoms with Gasteiger partial charge in [-0.1, -0.05) is 46.4 Å². The molecule has 17 heavy (non-hydrogen) atoms. The standard InChI is InChI=1S/C10H4Cl6S/c11-4-1-7(14)10(16,2-5(4)12)9-8(15)6(13)3-17-9/h1-3,7H. The first-order valence-electron chi connectivity index (χ1n) is 4.38. The van der Waals surface area contributed by atoms with Gasteiger partial charge in [0.05, 0.1) is 30.4 Å². The van der Waals surface area contributed by atoms with Crippen LogP contribution in [0.5, 0.6) is 0 Å². The van der Waals surface area contributed by atoms with Gasteiger partial charge in [0.15, 0.2) is 0 Å². The second-order valence-electron chi connectivity index (χ2n) is 3.40. The molecule has 1 heterocycles. The van der Waals surface area contributed by atoms with Gasteiger partial charge in [0.1, 0.15) is 4.87 Å². The Labute approximate surface area is 133 Å². The lowest BCUT2D eigenvalue weighted by molar-refractivity contribution is 0.785. The Morgan fingerprint density at radius 3 is 2.29 bits per heavy atom. The molecule has 0 radical (unpaired) electrons. The molecule has 0 fully saturated rings. The van der Waals surface area contributed by atoms with Crippen molar-refractivity contribution in [2.45, 2.75) is 10.3 Å². The van der Waals surface area contributed by atoms with Gasteiger partial charge >= 0.3 is 0 Å². The summed E-state index contributed by atoms with van der Waals surface area (Å²) in [6.45, 7) is 0. The maximum absolute atomic E-state index is 6.50. The Morgan fingerprint density at radius 2 is 1.76 bits per heavy atom. The largest absolute Gasteiger partial charge is 0.143 e. The zero-order valence-electron chi connectivity index (χ0n) is 7.99. The first-order valence-corrected chi connectivity index (χ1v) is 7.59. The zero-order chi connectivity index (χ0) is 12.8. The summed E-state index contributed by atoms with van der Waals surface area (Å²) in [7, 11) is 0. The monoisotopic (exact) mass is 366 g/mol. The minimum absolute atomic E-state index is 0.346. The van der Waals surface area contributed by atoms with E-state index in [1.807, 2.05) is 0 Å². The third-order valence-corrected chi connectivity index (χ3v) is 6.42. The third kappa shape index (κ3) is 2.49. The van der Waals surface area contributed by atoms with Gasteiger partial charge < -0.3 is 0 Å². The number of hydrogen-bond donors (Lipinski definition) is 0. The summed E-state index contributed by atoms with van der Waals surface area (Å²) >= 11 is 37.9. The maximum atomic E-state index is 6.50. The fourth-order valence-electron chi connectivity index (χ4n) is 1.43. The van der Waals surface area contributed by atoms with Crippen LogP contribution in [0.15, 0.2) is 27.6 Å². The first kappa shape index (κ1) is 14.3. The minimum atomic E-state index is -1.02. The summed E-state index contributed by atoms with van der Waals surface area (Å²) in [5.74, 6) is 0. The number of halogens is 6. The molecule has 7 heteroatoms. The summed E-state index contributed by atoms with van der Waals surface area (Å²) < 4.78 is 0. The van der Waals surface area contributed by atoms with Crippen LogP contribution >= 0.6 is 80.9 Å². The fourth-order valence-corrected chi connectivity index (χ4v) is 4.39. The fraction of sp³-hybridized carbons (Fsp3) is 0.200. The van der Waals surface area contributed by atoms with Crippen LogP contribution in [0.4, 0.5) is 0 Å². The highest BCUT2D eigenvalue weighted by molar-refractivity contribution is 7.11. The quantitative estimate of drug-likeness (QED) is 0.506. The van der Waals surface area contributed by atoms with E-state index in [-0.39, 0.29) is 0 Å². The van der Waals surface area contributed by atoms with E-state index in [0.717, 1.165) is 0 Å². The van der Waals surface area contributed by atoms with E-state index in [9.17, 15) is 0 Å². The lowest BCUT2D eigenvalue weighted by Gasteiger charge is -2.29. The number of thiophene rings is 1. The van der Waals surface area contributed by atoms with Crippen LogP contribution in [-0.4, -0.2) is 5.38 Å². The molecule has 0 aliphatic heterocycles. The van der Waals surface area contributed by atoms with E-state index < -0.39 is 10.3 Å². The molecule has 1 aromatic heterocycles. The van der Waals surface area contributed by atoms with Crippen molar-refractivity contribution in [3.63, 3.8) is 0 Å². The van der Waals surface area contributed by atoms with Crippen molar-refractivity contribution in [2.24, 2.45) is 0 Å². The van der Waals surface area contributed by atoms with Gasteiger partial charge in [-0.05, 0) is 12.2 Å². The summed E-state index contributed by atoms with van der Waals surface area (Å²) in [6.07, 6.45) is 3.17. The van der Waals surface area contributed by atoms with Crippen molar-refractivity contribution in [1.29, 1.82) is 0 Å². The van der Waals surface area contributed by atoms with Crippen LogP contribution in [0.3, 0.4) is 0 Å². The number of rotatable bonds is 1. The van der Waals surface area contributed by atoms with Gasteiger partial charge in [0.2, 0.25) is 0 Å². The Kier molecular flexibility index (Phi) is 4.32. The van der Waals surface area contributed by atoms with E-state index >= 15 is 0 Å². The number of allylic oxidation sites excluding steroid dienone is 4. The molecule has 1 aliphatic rings. The summed E-state index contributed by atoms with van der Waals surface area (Å²) in [6, 6.07) is 0. The van der Waals surface area contributed by atoms with Crippen LogP contribution in [0, 0.1) is 0 Å². The highest BCUT2D eigenvalue weighted by Crippen LogP contribution is 2.50. The average Bonchev–Trinajstić information content (AvgIpc) is 2.58. The minimum Gasteiger partial charge on any atom is -0.143 e. The molecule has 0 spiro atoms. The molecule has 2 rings (SSSR count). The van der Waals surface area contributed by atoms with Crippen molar-refractivity contribution in [1.82, 2.24) is 0 Å². The molecule has 92 valence electrons. The topological polar surface area (TPSA) is 0 Å². The van der Waals surface area contributed by atoms with E-state index in [1.165, 1.54) is 11.3 Å². The molecule has 0 nitrogen and oxygen atoms in total. The molecule has 2 atom stereocenters. The molecular weight excluding hydrogens is 365 g/mol. The lowest BCUT2D eigenvalue weighted by atomic mass is 9.97. The molecule has 0 saturated heterocycles. The molecule has 1 aromatic rings.